The molecule has 0 amide bonds. The third kappa shape index (κ3) is 6.44. The first-order chi connectivity index (χ1) is 14.3. The van der Waals surface area contributed by atoms with Crippen molar-refractivity contribution in [1.29, 1.82) is 0 Å². The fourth-order valence-electron chi connectivity index (χ4n) is 5.06. The van der Waals surface area contributed by atoms with E-state index in [-0.39, 0.29) is 24.0 Å². The van der Waals surface area contributed by atoms with E-state index in [2.05, 4.69) is 58.9 Å². The summed E-state index contributed by atoms with van der Waals surface area (Å²) in [4.78, 5) is 7.60. The Kier molecular flexibility index (Phi) is 9.46. The number of aliphatic imine (C=N–C) groups is 1. The standard InChI is InChI=1S/C24H36N4O.HI/c1-2-25-24(26-13-10-19-11-14-29-15-12-19)27-21-16-22-8-9-23(17-21)28(22)18-20-6-4-3-5-7-20;/h3-7,11,21-23H,2,8-10,12-18H2,1H3,(H2,25,26,27);1H. The molecule has 3 heterocycles. The van der Waals surface area contributed by atoms with Gasteiger partial charge in [-0.05, 0) is 51.0 Å². The van der Waals surface area contributed by atoms with E-state index in [4.69, 9.17) is 9.73 Å². The number of nitrogens with zero attached hydrogens (tertiary/aromatic N) is 2. The van der Waals surface area contributed by atoms with Gasteiger partial charge in [-0.25, -0.2) is 0 Å². The van der Waals surface area contributed by atoms with Crippen molar-refractivity contribution < 1.29 is 4.74 Å². The molecule has 2 N–H and O–H groups in total. The molecule has 4 rings (SSSR count). The van der Waals surface area contributed by atoms with Crippen LogP contribution >= 0.6 is 24.0 Å². The van der Waals surface area contributed by atoms with Gasteiger partial charge in [0.25, 0.3) is 0 Å². The van der Waals surface area contributed by atoms with Crippen LogP contribution in [0, 0.1) is 0 Å². The Morgan fingerprint density at radius 1 is 1.17 bits per heavy atom. The van der Waals surface area contributed by atoms with E-state index >= 15 is 0 Å². The van der Waals surface area contributed by atoms with Gasteiger partial charge in [-0.2, -0.15) is 0 Å². The number of guanidine groups is 1. The second kappa shape index (κ2) is 12.1. The average molecular weight is 524 g/mol. The quantitative estimate of drug-likeness (QED) is 0.244. The molecule has 0 aromatic heterocycles. The molecule has 5 nitrogen and oxygen atoms in total. The average Bonchev–Trinajstić information content (AvgIpc) is 2.97. The molecule has 2 unspecified atom stereocenters. The summed E-state index contributed by atoms with van der Waals surface area (Å²) in [5.74, 6) is 0.987. The third-order valence-electron chi connectivity index (χ3n) is 6.54. The minimum atomic E-state index is 0. The van der Waals surface area contributed by atoms with Crippen LogP contribution in [0.2, 0.25) is 0 Å². The Balaban J connectivity index is 0.00000256. The number of benzene rings is 1. The van der Waals surface area contributed by atoms with E-state index in [0.717, 1.165) is 51.6 Å². The first-order valence-corrected chi connectivity index (χ1v) is 11.4. The van der Waals surface area contributed by atoms with Crippen LogP contribution in [0.1, 0.15) is 51.0 Å². The van der Waals surface area contributed by atoms with Crippen LogP contribution < -0.4 is 10.6 Å². The first kappa shape index (κ1) is 23.5. The van der Waals surface area contributed by atoms with Gasteiger partial charge in [-0.3, -0.25) is 9.89 Å². The van der Waals surface area contributed by atoms with Gasteiger partial charge in [0.1, 0.15) is 0 Å². The monoisotopic (exact) mass is 524 g/mol. The number of piperidine rings is 1. The number of rotatable bonds is 7. The summed E-state index contributed by atoms with van der Waals surface area (Å²) < 4.78 is 5.40. The lowest BCUT2D eigenvalue weighted by Crippen LogP contribution is -2.52. The Hall–Kier alpha value is -1.12. The van der Waals surface area contributed by atoms with Gasteiger partial charge < -0.3 is 15.4 Å². The van der Waals surface area contributed by atoms with E-state index in [9.17, 15) is 0 Å². The van der Waals surface area contributed by atoms with Gasteiger partial charge >= 0.3 is 0 Å². The lowest BCUT2D eigenvalue weighted by Gasteiger charge is -2.39. The lowest BCUT2D eigenvalue weighted by molar-refractivity contribution is 0.114. The van der Waals surface area contributed by atoms with Crippen LogP contribution in [0.5, 0.6) is 0 Å². The highest BCUT2D eigenvalue weighted by atomic mass is 127. The fourth-order valence-corrected chi connectivity index (χ4v) is 5.06. The minimum Gasteiger partial charge on any atom is -0.377 e. The largest absolute Gasteiger partial charge is 0.377 e. The van der Waals surface area contributed by atoms with Crippen LogP contribution in [0.4, 0.5) is 0 Å². The Labute approximate surface area is 198 Å². The zero-order valence-electron chi connectivity index (χ0n) is 18.2. The molecule has 3 aliphatic heterocycles. The molecule has 2 saturated heterocycles. The Morgan fingerprint density at radius 2 is 1.93 bits per heavy atom. The highest BCUT2D eigenvalue weighted by molar-refractivity contribution is 14.0. The zero-order chi connectivity index (χ0) is 19.9. The van der Waals surface area contributed by atoms with Gasteiger partial charge in [0.05, 0.1) is 13.2 Å². The fraction of sp³-hybridized carbons (Fsp3) is 0.625. The SMILES string of the molecule is CCNC(=NCCC1=CCOCC1)NC1CC2CCC(C1)N2Cc1ccccc1.I. The molecule has 1 aromatic rings. The van der Waals surface area contributed by atoms with Crippen molar-refractivity contribution in [3.05, 3.63) is 47.5 Å². The predicted octanol–water partition coefficient (Wildman–Crippen LogP) is 4.09. The van der Waals surface area contributed by atoms with Crippen molar-refractivity contribution in [3.8, 4) is 0 Å². The summed E-state index contributed by atoms with van der Waals surface area (Å²) in [5.41, 5.74) is 2.93. The van der Waals surface area contributed by atoms with Crippen LogP contribution in [0.25, 0.3) is 0 Å². The van der Waals surface area contributed by atoms with Crippen molar-refractivity contribution >= 4 is 29.9 Å². The maximum Gasteiger partial charge on any atom is 0.191 e. The second-order valence-electron chi connectivity index (χ2n) is 8.55. The van der Waals surface area contributed by atoms with E-state index in [1.165, 1.54) is 36.8 Å². The Morgan fingerprint density at radius 3 is 2.60 bits per heavy atom. The molecule has 0 spiro atoms. The Bertz CT molecular complexity index is 694. The van der Waals surface area contributed by atoms with E-state index in [1.54, 1.807) is 0 Å². The van der Waals surface area contributed by atoms with Crippen LogP contribution in [0.15, 0.2) is 47.0 Å². The molecule has 0 aliphatic carbocycles. The van der Waals surface area contributed by atoms with Gasteiger partial charge in [0.2, 0.25) is 0 Å². The van der Waals surface area contributed by atoms with Gasteiger partial charge in [0, 0.05) is 37.8 Å². The van der Waals surface area contributed by atoms with Gasteiger partial charge in [0.15, 0.2) is 5.96 Å². The zero-order valence-corrected chi connectivity index (χ0v) is 20.5. The van der Waals surface area contributed by atoms with Crippen molar-refractivity contribution in [1.82, 2.24) is 15.5 Å². The maximum absolute atomic E-state index is 5.40. The van der Waals surface area contributed by atoms with Crippen molar-refractivity contribution in [3.63, 3.8) is 0 Å². The summed E-state index contributed by atoms with van der Waals surface area (Å²) in [5, 5.41) is 7.20. The number of nitrogens with one attached hydrogen (secondary N) is 2. The van der Waals surface area contributed by atoms with Crippen molar-refractivity contribution in [2.75, 3.05) is 26.3 Å². The van der Waals surface area contributed by atoms with Gasteiger partial charge in [-0.15, -0.1) is 24.0 Å². The van der Waals surface area contributed by atoms with E-state index in [1.807, 2.05) is 0 Å². The number of halogens is 1. The molecule has 1 aromatic carbocycles. The molecule has 0 radical (unpaired) electrons. The topological polar surface area (TPSA) is 48.9 Å². The maximum atomic E-state index is 5.40. The number of fused-ring (bicyclic) bond motifs is 2. The summed E-state index contributed by atoms with van der Waals surface area (Å²) in [6.07, 6.45) is 9.43. The summed E-state index contributed by atoms with van der Waals surface area (Å²) in [6, 6.07) is 12.8. The molecule has 30 heavy (non-hydrogen) atoms. The summed E-state index contributed by atoms with van der Waals surface area (Å²) in [7, 11) is 0. The smallest absolute Gasteiger partial charge is 0.191 e. The molecular formula is C24H37IN4O. The number of hydrogen-bond donors (Lipinski definition) is 2. The molecule has 0 saturated carbocycles. The molecule has 6 heteroatoms. The molecule has 2 bridgehead atoms. The van der Waals surface area contributed by atoms with Crippen molar-refractivity contribution in [2.45, 2.75) is 70.1 Å². The lowest BCUT2D eigenvalue weighted by atomic mass is 9.96. The molecule has 2 atom stereocenters. The minimum absolute atomic E-state index is 0. The van der Waals surface area contributed by atoms with Gasteiger partial charge in [-0.1, -0.05) is 42.0 Å². The second-order valence-corrected chi connectivity index (χ2v) is 8.55. The number of hydrogen-bond acceptors (Lipinski definition) is 3. The number of ether oxygens (including phenoxy) is 1. The summed E-state index contributed by atoms with van der Waals surface area (Å²) in [6.45, 7) is 6.61. The normalized spacial score (nSPS) is 26.6. The van der Waals surface area contributed by atoms with Crippen LogP contribution in [0.3, 0.4) is 0 Å². The first-order valence-electron chi connectivity index (χ1n) is 11.4. The van der Waals surface area contributed by atoms with Crippen LogP contribution in [-0.2, 0) is 11.3 Å². The highest BCUT2D eigenvalue weighted by Crippen LogP contribution is 2.36. The molecule has 166 valence electrons. The molecular weight excluding hydrogens is 487 g/mol. The van der Waals surface area contributed by atoms with Crippen molar-refractivity contribution in [2.24, 2.45) is 4.99 Å². The molecule has 3 aliphatic rings. The predicted molar refractivity (Wildman–Crippen MR) is 134 cm³/mol. The third-order valence-corrected chi connectivity index (χ3v) is 6.54. The van der Waals surface area contributed by atoms with E-state index < -0.39 is 0 Å². The van der Waals surface area contributed by atoms with Crippen LogP contribution in [-0.4, -0.2) is 55.3 Å². The van der Waals surface area contributed by atoms with E-state index in [0.29, 0.717) is 18.1 Å². The molecule has 2 fully saturated rings. The summed E-state index contributed by atoms with van der Waals surface area (Å²) >= 11 is 0. The highest BCUT2D eigenvalue weighted by Gasteiger charge is 2.40.